The number of hydrogen-bond donors (Lipinski definition) is 1. The third kappa shape index (κ3) is 4.18. The van der Waals surface area contributed by atoms with Gasteiger partial charge in [-0.25, -0.2) is 4.68 Å². The summed E-state index contributed by atoms with van der Waals surface area (Å²) in [6, 6.07) is 3.90. The summed E-state index contributed by atoms with van der Waals surface area (Å²) < 4.78 is 1.97. The second kappa shape index (κ2) is 7.28. The zero-order chi connectivity index (χ0) is 20.6. The molecule has 1 atom stereocenters. The minimum Gasteiger partial charge on any atom is -0.351 e. The molecule has 2 aliphatic heterocycles. The average molecular weight is 396 g/mol. The average Bonchev–Trinajstić information content (AvgIpc) is 3.18. The summed E-state index contributed by atoms with van der Waals surface area (Å²) in [4.78, 5) is 30.7. The summed E-state index contributed by atoms with van der Waals surface area (Å²) in [6.45, 7) is 7.72. The van der Waals surface area contributed by atoms with Gasteiger partial charge in [-0.2, -0.15) is 5.10 Å². The van der Waals surface area contributed by atoms with E-state index in [1.807, 2.05) is 34.8 Å². The zero-order valence-electron chi connectivity index (χ0n) is 17.4. The Morgan fingerprint density at radius 2 is 2.00 bits per heavy atom. The van der Waals surface area contributed by atoms with Gasteiger partial charge >= 0.3 is 0 Å². The Bertz CT molecular complexity index is 921. The number of rotatable bonds is 4. The van der Waals surface area contributed by atoms with E-state index in [1.54, 1.807) is 12.4 Å². The largest absolute Gasteiger partial charge is 0.351 e. The van der Waals surface area contributed by atoms with E-state index >= 15 is 0 Å². The van der Waals surface area contributed by atoms with Crippen LogP contribution in [0.3, 0.4) is 0 Å². The normalized spacial score (nSPS) is 23.4. The summed E-state index contributed by atoms with van der Waals surface area (Å²) in [5.74, 6) is 0.231. The Hall–Kier alpha value is -2.70. The number of nitrogens with one attached hydrogen (secondary N) is 1. The van der Waals surface area contributed by atoms with Crippen molar-refractivity contribution in [3.8, 4) is 5.69 Å². The van der Waals surface area contributed by atoms with Crippen LogP contribution in [0.5, 0.6) is 0 Å². The summed E-state index contributed by atoms with van der Waals surface area (Å²) in [5, 5.41) is 7.63. The Morgan fingerprint density at radius 1 is 1.24 bits per heavy atom. The number of aromatic nitrogens is 3. The number of hydrogen-bond acceptors (Lipinski definition) is 4. The minimum atomic E-state index is -0.258. The van der Waals surface area contributed by atoms with Crippen molar-refractivity contribution in [2.24, 2.45) is 5.41 Å². The zero-order valence-corrected chi connectivity index (χ0v) is 17.4. The third-order valence-electron chi connectivity index (χ3n) is 6.08. The standard InChI is InChI=1S/C22H29N5O2/c1-21(2)12-18-16(13-24-27(18)17-6-10-23-11-7-17)14-26(15-21)20(29)5-9-22(3)8-4-19(28)25-22/h6-7,10-11,13H,4-5,8-9,12,14-15H2,1-3H3,(H,25,28). The molecule has 2 amide bonds. The lowest BCUT2D eigenvalue weighted by atomic mass is 9.87. The van der Waals surface area contributed by atoms with Gasteiger partial charge in [0.05, 0.1) is 11.9 Å². The molecule has 1 unspecified atom stereocenters. The fourth-order valence-electron chi connectivity index (χ4n) is 4.48. The lowest BCUT2D eigenvalue weighted by Gasteiger charge is -2.31. The SMILES string of the molecule is CC1(C)Cc2c(cnn2-c2ccncc2)CN(C(=O)CCC2(C)CCC(=O)N2)C1. The topological polar surface area (TPSA) is 80.1 Å². The summed E-state index contributed by atoms with van der Waals surface area (Å²) in [5.41, 5.74) is 2.93. The molecule has 1 fully saturated rings. The van der Waals surface area contributed by atoms with Crippen LogP contribution in [-0.2, 0) is 22.6 Å². The second-order valence-corrected chi connectivity index (χ2v) is 9.43. The van der Waals surface area contributed by atoms with Gasteiger partial charge in [-0.15, -0.1) is 0 Å². The van der Waals surface area contributed by atoms with Gasteiger partial charge in [0.1, 0.15) is 0 Å². The predicted octanol–water partition coefficient (Wildman–Crippen LogP) is 2.63. The summed E-state index contributed by atoms with van der Waals surface area (Å²) >= 11 is 0. The van der Waals surface area contributed by atoms with E-state index in [-0.39, 0.29) is 22.8 Å². The van der Waals surface area contributed by atoms with Crippen LogP contribution in [0.15, 0.2) is 30.7 Å². The third-order valence-corrected chi connectivity index (χ3v) is 6.08. The lowest BCUT2D eigenvalue weighted by molar-refractivity contribution is -0.133. The van der Waals surface area contributed by atoms with Crippen LogP contribution >= 0.6 is 0 Å². The van der Waals surface area contributed by atoms with E-state index in [0.717, 1.165) is 29.8 Å². The molecule has 1 saturated heterocycles. The molecule has 29 heavy (non-hydrogen) atoms. The molecule has 0 aromatic carbocycles. The van der Waals surface area contributed by atoms with Gasteiger partial charge < -0.3 is 10.2 Å². The molecule has 154 valence electrons. The van der Waals surface area contributed by atoms with Crippen molar-refractivity contribution in [1.82, 2.24) is 25.0 Å². The van der Waals surface area contributed by atoms with Gasteiger partial charge in [0, 0.05) is 55.1 Å². The molecule has 0 spiro atoms. The first-order chi connectivity index (χ1) is 13.7. The van der Waals surface area contributed by atoms with E-state index in [9.17, 15) is 9.59 Å². The van der Waals surface area contributed by atoms with E-state index in [4.69, 9.17) is 0 Å². The molecular weight excluding hydrogens is 366 g/mol. The number of amides is 2. The summed E-state index contributed by atoms with van der Waals surface area (Å²) in [6.07, 6.45) is 8.75. The van der Waals surface area contributed by atoms with Crippen molar-refractivity contribution in [2.45, 2.75) is 65.0 Å². The number of fused-ring (bicyclic) bond motifs is 1. The molecule has 2 aliphatic rings. The number of nitrogens with zero attached hydrogens (tertiary/aromatic N) is 4. The highest BCUT2D eigenvalue weighted by molar-refractivity contribution is 5.80. The van der Waals surface area contributed by atoms with Crippen LogP contribution in [-0.4, -0.2) is 43.6 Å². The fourth-order valence-corrected chi connectivity index (χ4v) is 4.48. The van der Waals surface area contributed by atoms with Crippen LogP contribution < -0.4 is 5.32 Å². The van der Waals surface area contributed by atoms with E-state index in [1.165, 1.54) is 0 Å². The Morgan fingerprint density at radius 3 is 2.69 bits per heavy atom. The van der Waals surface area contributed by atoms with E-state index in [0.29, 0.717) is 32.4 Å². The van der Waals surface area contributed by atoms with Crippen molar-refractivity contribution in [3.63, 3.8) is 0 Å². The molecule has 7 nitrogen and oxygen atoms in total. The fraction of sp³-hybridized carbons (Fsp3) is 0.545. The summed E-state index contributed by atoms with van der Waals surface area (Å²) in [7, 11) is 0. The number of carbonyl (C=O) groups is 2. The van der Waals surface area contributed by atoms with Crippen LogP contribution in [0.1, 0.15) is 57.7 Å². The van der Waals surface area contributed by atoms with Crippen molar-refractivity contribution < 1.29 is 9.59 Å². The highest BCUT2D eigenvalue weighted by atomic mass is 16.2. The molecule has 2 aromatic rings. The number of pyridine rings is 1. The second-order valence-electron chi connectivity index (χ2n) is 9.43. The molecule has 0 aliphatic carbocycles. The minimum absolute atomic E-state index is 0.0583. The first-order valence-electron chi connectivity index (χ1n) is 10.3. The molecule has 7 heteroatoms. The first-order valence-corrected chi connectivity index (χ1v) is 10.3. The van der Waals surface area contributed by atoms with Gasteiger partial charge in [0.2, 0.25) is 11.8 Å². The lowest BCUT2D eigenvalue weighted by Crippen LogP contribution is -2.41. The maximum absolute atomic E-state index is 13.1. The molecule has 0 radical (unpaired) electrons. The van der Waals surface area contributed by atoms with Gasteiger partial charge in [-0.3, -0.25) is 14.6 Å². The van der Waals surface area contributed by atoms with E-state index < -0.39 is 0 Å². The highest BCUT2D eigenvalue weighted by Gasteiger charge is 2.36. The quantitative estimate of drug-likeness (QED) is 0.863. The monoisotopic (exact) mass is 395 g/mol. The molecule has 0 saturated carbocycles. The number of carbonyl (C=O) groups excluding carboxylic acids is 2. The van der Waals surface area contributed by atoms with E-state index in [2.05, 4.69) is 29.2 Å². The smallest absolute Gasteiger partial charge is 0.222 e. The first kappa shape index (κ1) is 19.6. The van der Waals surface area contributed by atoms with Crippen molar-refractivity contribution in [2.75, 3.05) is 6.54 Å². The van der Waals surface area contributed by atoms with Crippen molar-refractivity contribution >= 4 is 11.8 Å². The Labute approximate surface area is 171 Å². The molecule has 1 N–H and O–H groups in total. The van der Waals surface area contributed by atoms with Crippen LogP contribution in [0.25, 0.3) is 5.69 Å². The van der Waals surface area contributed by atoms with Crippen molar-refractivity contribution in [1.29, 1.82) is 0 Å². The van der Waals surface area contributed by atoms with Crippen molar-refractivity contribution in [3.05, 3.63) is 42.0 Å². The van der Waals surface area contributed by atoms with Crippen LogP contribution in [0, 0.1) is 5.41 Å². The maximum Gasteiger partial charge on any atom is 0.222 e. The molecule has 4 rings (SSSR count). The van der Waals surface area contributed by atoms with Gasteiger partial charge in [0.25, 0.3) is 0 Å². The molecule has 4 heterocycles. The Kier molecular flexibility index (Phi) is 4.92. The molecule has 0 bridgehead atoms. The highest BCUT2D eigenvalue weighted by Crippen LogP contribution is 2.32. The predicted molar refractivity (Wildman–Crippen MR) is 109 cm³/mol. The van der Waals surface area contributed by atoms with Gasteiger partial charge in [0.15, 0.2) is 0 Å². The van der Waals surface area contributed by atoms with Gasteiger partial charge in [-0.1, -0.05) is 13.8 Å². The molecule has 2 aromatic heterocycles. The van der Waals surface area contributed by atoms with Crippen LogP contribution in [0.2, 0.25) is 0 Å². The van der Waals surface area contributed by atoms with Crippen LogP contribution in [0.4, 0.5) is 0 Å². The maximum atomic E-state index is 13.1. The Balaban J connectivity index is 1.52. The van der Waals surface area contributed by atoms with Gasteiger partial charge in [-0.05, 0) is 43.7 Å². The molecular formula is C22H29N5O2.